The number of hydrogen-bond acceptors (Lipinski definition) is 6. The summed E-state index contributed by atoms with van der Waals surface area (Å²) in [6, 6.07) is 9.63. The van der Waals surface area contributed by atoms with Crippen LogP contribution in [0, 0.1) is 0 Å². The van der Waals surface area contributed by atoms with Crippen molar-refractivity contribution in [1.82, 2.24) is 14.9 Å². The second-order valence-electron chi connectivity index (χ2n) is 6.44. The van der Waals surface area contributed by atoms with Crippen LogP contribution in [0.4, 0.5) is 11.6 Å². The molecule has 2 aromatic rings. The monoisotopic (exact) mass is 353 g/mol. The van der Waals surface area contributed by atoms with E-state index in [1.165, 1.54) is 0 Å². The number of amides is 1. The molecule has 0 unspecified atom stereocenters. The van der Waals surface area contributed by atoms with Gasteiger partial charge in [0, 0.05) is 51.7 Å². The standard InChI is InChI=1S/C19H23N5O2/c25-19(16-4-3-7-21-18(16)23-12-14-26-15-13-23)24-10-8-22(9-11-24)17-5-1-2-6-20-17/h1-7H,8-15H2. The highest BCUT2D eigenvalue weighted by atomic mass is 16.5. The third kappa shape index (κ3) is 3.48. The van der Waals surface area contributed by atoms with E-state index in [0.717, 1.165) is 37.8 Å². The van der Waals surface area contributed by atoms with Crippen molar-refractivity contribution in [1.29, 1.82) is 0 Å². The molecule has 4 heterocycles. The fourth-order valence-corrected chi connectivity index (χ4v) is 3.44. The predicted molar refractivity (Wildman–Crippen MR) is 99.6 cm³/mol. The lowest BCUT2D eigenvalue weighted by Crippen LogP contribution is -2.49. The first kappa shape index (κ1) is 16.8. The van der Waals surface area contributed by atoms with Gasteiger partial charge in [-0.25, -0.2) is 9.97 Å². The molecule has 2 fully saturated rings. The summed E-state index contributed by atoms with van der Waals surface area (Å²) in [5.41, 5.74) is 0.681. The number of aromatic nitrogens is 2. The summed E-state index contributed by atoms with van der Waals surface area (Å²) in [7, 11) is 0. The second-order valence-corrected chi connectivity index (χ2v) is 6.44. The highest BCUT2D eigenvalue weighted by Crippen LogP contribution is 2.21. The first-order valence-electron chi connectivity index (χ1n) is 9.06. The number of anilines is 2. The van der Waals surface area contributed by atoms with Crippen molar-refractivity contribution in [3.05, 3.63) is 48.3 Å². The van der Waals surface area contributed by atoms with Gasteiger partial charge in [0.05, 0.1) is 18.8 Å². The topological polar surface area (TPSA) is 61.8 Å². The van der Waals surface area contributed by atoms with E-state index in [9.17, 15) is 4.79 Å². The van der Waals surface area contributed by atoms with E-state index in [1.54, 1.807) is 12.4 Å². The molecular formula is C19H23N5O2. The van der Waals surface area contributed by atoms with Gasteiger partial charge in [0.1, 0.15) is 11.6 Å². The van der Waals surface area contributed by atoms with Crippen molar-refractivity contribution < 1.29 is 9.53 Å². The highest BCUT2D eigenvalue weighted by molar-refractivity contribution is 5.99. The number of hydrogen-bond donors (Lipinski definition) is 0. The van der Waals surface area contributed by atoms with Crippen LogP contribution in [0.25, 0.3) is 0 Å². The number of nitrogens with zero attached hydrogens (tertiary/aromatic N) is 5. The van der Waals surface area contributed by atoms with Crippen molar-refractivity contribution in [2.45, 2.75) is 0 Å². The van der Waals surface area contributed by atoms with Gasteiger partial charge in [-0.05, 0) is 24.3 Å². The van der Waals surface area contributed by atoms with E-state index in [4.69, 9.17) is 4.74 Å². The van der Waals surface area contributed by atoms with Gasteiger partial charge >= 0.3 is 0 Å². The molecule has 7 nitrogen and oxygen atoms in total. The lowest BCUT2D eigenvalue weighted by atomic mass is 10.2. The predicted octanol–water partition coefficient (Wildman–Crippen LogP) is 1.28. The van der Waals surface area contributed by atoms with E-state index in [-0.39, 0.29) is 5.91 Å². The molecule has 0 spiro atoms. The van der Waals surface area contributed by atoms with Crippen molar-refractivity contribution in [2.75, 3.05) is 62.3 Å². The van der Waals surface area contributed by atoms with Crippen LogP contribution in [0.15, 0.2) is 42.7 Å². The Labute approximate surface area is 153 Å². The summed E-state index contributed by atoms with van der Waals surface area (Å²) in [5.74, 6) is 1.79. The van der Waals surface area contributed by atoms with Crippen LogP contribution in [0.3, 0.4) is 0 Å². The molecule has 0 N–H and O–H groups in total. The Balaban J connectivity index is 1.46. The van der Waals surface area contributed by atoms with Gasteiger partial charge in [-0.3, -0.25) is 4.79 Å². The van der Waals surface area contributed by atoms with E-state index in [0.29, 0.717) is 31.9 Å². The summed E-state index contributed by atoms with van der Waals surface area (Å²) in [4.78, 5) is 28.3. The largest absolute Gasteiger partial charge is 0.378 e. The van der Waals surface area contributed by atoms with E-state index >= 15 is 0 Å². The quantitative estimate of drug-likeness (QED) is 0.828. The van der Waals surface area contributed by atoms with Crippen molar-refractivity contribution in [3.8, 4) is 0 Å². The second kappa shape index (κ2) is 7.70. The summed E-state index contributed by atoms with van der Waals surface area (Å²) in [6.45, 7) is 5.83. The number of piperazine rings is 1. The number of ether oxygens (including phenoxy) is 1. The van der Waals surface area contributed by atoms with Crippen LogP contribution in [-0.2, 0) is 4.74 Å². The number of rotatable bonds is 3. The van der Waals surface area contributed by atoms with Crippen LogP contribution in [0.2, 0.25) is 0 Å². The molecule has 0 radical (unpaired) electrons. The molecule has 0 aliphatic carbocycles. The maximum atomic E-state index is 13.1. The van der Waals surface area contributed by atoms with Gasteiger partial charge in [-0.2, -0.15) is 0 Å². The van der Waals surface area contributed by atoms with Crippen molar-refractivity contribution in [2.24, 2.45) is 0 Å². The third-order valence-corrected chi connectivity index (χ3v) is 4.87. The number of carbonyl (C=O) groups is 1. The zero-order valence-corrected chi connectivity index (χ0v) is 14.8. The average Bonchev–Trinajstić information content (AvgIpc) is 2.75. The Morgan fingerprint density at radius 3 is 2.35 bits per heavy atom. The smallest absolute Gasteiger partial charge is 0.257 e. The van der Waals surface area contributed by atoms with Gasteiger partial charge in [-0.15, -0.1) is 0 Å². The van der Waals surface area contributed by atoms with Crippen LogP contribution < -0.4 is 9.80 Å². The van der Waals surface area contributed by atoms with E-state index in [2.05, 4.69) is 19.8 Å². The molecule has 2 aliphatic heterocycles. The minimum absolute atomic E-state index is 0.0558. The van der Waals surface area contributed by atoms with Gasteiger partial charge in [-0.1, -0.05) is 6.07 Å². The Kier molecular flexibility index (Phi) is 4.97. The first-order valence-corrected chi connectivity index (χ1v) is 9.06. The summed E-state index contributed by atoms with van der Waals surface area (Å²) < 4.78 is 5.42. The lowest BCUT2D eigenvalue weighted by molar-refractivity contribution is 0.0745. The molecule has 0 aromatic carbocycles. The molecule has 0 atom stereocenters. The number of carbonyl (C=O) groups excluding carboxylic acids is 1. The molecule has 2 aliphatic rings. The third-order valence-electron chi connectivity index (χ3n) is 4.87. The zero-order chi connectivity index (χ0) is 17.8. The lowest BCUT2D eigenvalue weighted by Gasteiger charge is -2.36. The molecular weight excluding hydrogens is 330 g/mol. The minimum Gasteiger partial charge on any atom is -0.378 e. The Hall–Kier alpha value is -2.67. The molecule has 136 valence electrons. The van der Waals surface area contributed by atoms with E-state index in [1.807, 2.05) is 35.2 Å². The van der Waals surface area contributed by atoms with Gasteiger partial charge in [0.2, 0.25) is 0 Å². The van der Waals surface area contributed by atoms with Crippen LogP contribution >= 0.6 is 0 Å². The maximum Gasteiger partial charge on any atom is 0.257 e. The average molecular weight is 353 g/mol. The fourth-order valence-electron chi connectivity index (χ4n) is 3.44. The SMILES string of the molecule is O=C(c1cccnc1N1CCOCC1)N1CCN(c2ccccn2)CC1. The molecule has 7 heteroatoms. The Morgan fingerprint density at radius 1 is 0.846 bits per heavy atom. The van der Waals surface area contributed by atoms with Gasteiger partial charge in [0.15, 0.2) is 0 Å². The molecule has 4 rings (SSSR count). The van der Waals surface area contributed by atoms with E-state index < -0.39 is 0 Å². The molecule has 26 heavy (non-hydrogen) atoms. The molecule has 0 bridgehead atoms. The molecule has 2 saturated heterocycles. The Morgan fingerprint density at radius 2 is 1.62 bits per heavy atom. The molecule has 2 aromatic heterocycles. The fraction of sp³-hybridized carbons (Fsp3) is 0.421. The van der Waals surface area contributed by atoms with Crippen molar-refractivity contribution in [3.63, 3.8) is 0 Å². The zero-order valence-electron chi connectivity index (χ0n) is 14.8. The summed E-state index contributed by atoms with van der Waals surface area (Å²) in [6.07, 6.45) is 3.55. The van der Waals surface area contributed by atoms with Gasteiger partial charge in [0.25, 0.3) is 5.91 Å². The molecule has 1 amide bonds. The Bertz CT molecular complexity index is 741. The minimum atomic E-state index is 0.0558. The first-order chi connectivity index (χ1) is 12.8. The van der Waals surface area contributed by atoms with Gasteiger partial charge < -0.3 is 19.4 Å². The molecule has 0 saturated carbocycles. The van der Waals surface area contributed by atoms with Crippen LogP contribution in [0.5, 0.6) is 0 Å². The highest BCUT2D eigenvalue weighted by Gasteiger charge is 2.26. The number of morpholine rings is 1. The maximum absolute atomic E-state index is 13.1. The summed E-state index contributed by atoms with van der Waals surface area (Å²) in [5, 5.41) is 0. The normalized spacial score (nSPS) is 18.1. The van der Waals surface area contributed by atoms with Crippen LogP contribution in [-0.4, -0.2) is 73.3 Å². The number of pyridine rings is 2. The van der Waals surface area contributed by atoms with Crippen molar-refractivity contribution >= 4 is 17.5 Å². The van der Waals surface area contributed by atoms with Crippen LogP contribution in [0.1, 0.15) is 10.4 Å². The summed E-state index contributed by atoms with van der Waals surface area (Å²) >= 11 is 0.